The summed E-state index contributed by atoms with van der Waals surface area (Å²) >= 11 is 5.93. The molecule has 2 aromatic rings. The average molecular weight is 319 g/mol. The lowest BCUT2D eigenvalue weighted by atomic mass is 10.1. The first-order valence-electron chi connectivity index (χ1n) is 7.02. The molecule has 1 aromatic heterocycles. The highest BCUT2D eigenvalue weighted by atomic mass is 35.5. The van der Waals surface area contributed by atoms with Gasteiger partial charge in [0, 0.05) is 12.7 Å². The molecule has 0 saturated carbocycles. The van der Waals surface area contributed by atoms with E-state index < -0.39 is 11.6 Å². The molecule has 0 aliphatic heterocycles. The van der Waals surface area contributed by atoms with Crippen molar-refractivity contribution in [2.24, 2.45) is 0 Å². The molecule has 2 rings (SSSR count). The van der Waals surface area contributed by atoms with Gasteiger partial charge in [0.05, 0.1) is 5.69 Å². The number of nitrogens with one attached hydrogen (secondary N) is 1. The van der Waals surface area contributed by atoms with Gasteiger partial charge in [0.2, 0.25) is 0 Å². The van der Waals surface area contributed by atoms with Crippen LogP contribution in [0, 0.1) is 0 Å². The van der Waals surface area contributed by atoms with E-state index in [-0.39, 0.29) is 0 Å². The number of carbonyl (C=O) groups excluding carboxylic acids is 1. The first-order chi connectivity index (χ1) is 10.3. The highest BCUT2D eigenvalue weighted by Gasteiger charge is 2.21. The predicted octanol–water partition coefficient (Wildman–Crippen LogP) is 4.30. The number of benzene rings is 1. The zero-order chi connectivity index (χ0) is 16.2. The van der Waals surface area contributed by atoms with Crippen LogP contribution in [0.2, 0.25) is 5.15 Å². The third-order valence-electron chi connectivity index (χ3n) is 2.82. The molecule has 0 aliphatic rings. The fourth-order valence-corrected chi connectivity index (χ4v) is 2.02. The highest BCUT2D eigenvalue weighted by Crippen LogP contribution is 2.22. The molecular formula is C17H19ClN2O2. The van der Waals surface area contributed by atoms with Gasteiger partial charge in [-0.15, -0.1) is 0 Å². The van der Waals surface area contributed by atoms with E-state index in [0.717, 1.165) is 5.56 Å². The summed E-state index contributed by atoms with van der Waals surface area (Å²) in [4.78, 5) is 16.2. The van der Waals surface area contributed by atoms with Crippen LogP contribution in [-0.2, 0) is 11.3 Å². The molecule has 0 spiro atoms. The van der Waals surface area contributed by atoms with Crippen LogP contribution in [0.15, 0.2) is 42.6 Å². The van der Waals surface area contributed by atoms with Crippen LogP contribution in [0.4, 0.5) is 5.69 Å². The van der Waals surface area contributed by atoms with Crippen LogP contribution >= 0.6 is 11.6 Å². The first kappa shape index (κ1) is 16.3. The fraction of sp³-hybridized carbons (Fsp3) is 0.294. The SMILES string of the molecule is CC(C)(C)OC(=O)c1cnc(Cl)cc1NCc1ccccc1. The summed E-state index contributed by atoms with van der Waals surface area (Å²) in [6, 6.07) is 11.5. The number of nitrogens with zero attached hydrogens (tertiary/aromatic N) is 1. The summed E-state index contributed by atoms with van der Waals surface area (Å²) in [5, 5.41) is 3.53. The first-order valence-corrected chi connectivity index (χ1v) is 7.39. The quantitative estimate of drug-likeness (QED) is 0.674. The maximum atomic E-state index is 12.3. The molecule has 22 heavy (non-hydrogen) atoms. The van der Waals surface area contributed by atoms with Crippen LogP contribution < -0.4 is 5.32 Å². The third kappa shape index (κ3) is 4.74. The second kappa shape index (κ2) is 6.79. The standard InChI is InChI=1S/C17H19ClN2O2/c1-17(2,3)22-16(21)13-11-20-15(18)9-14(13)19-10-12-7-5-4-6-8-12/h4-9,11H,10H2,1-3H3,(H,19,20). The van der Waals surface area contributed by atoms with Crippen molar-refractivity contribution in [3.8, 4) is 0 Å². The Hall–Kier alpha value is -2.07. The minimum atomic E-state index is -0.562. The van der Waals surface area contributed by atoms with Gasteiger partial charge in [-0.3, -0.25) is 0 Å². The third-order valence-corrected chi connectivity index (χ3v) is 3.02. The molecule has 4 nitrogen and oxygen atoms in total. The summed E-state index contributed by atoms with van der Waals surface area (Å²) < 4.78 is 5.39. The lowest BCUT2D eigenvalue weighted by Gasteiger charge is -2.20. The van der Waals surface area contributed by atoms with Crippen molar-refractivity contribution in [2.75, 3.05) is 5.32 Å². The number of pyridine rings is 1. The van der Waals surface area contributed by atoms with Crippen molar-refractivity contribution in [1.82, 2.24) is 4.98 Å². The summed E-state index contributed by atoms with van der Waals surface area (Å²) in [6.45, 7) is 6.05. The second-order valence-corrected chi connectivity index (χ2v) is 6.28. The number of halogens is 1. The van der Waals surface area contributed by atoms with E-state index in [9.17, 15) is 4.79 Å². The Morgan fingerprint density at radius 1 is 1.27 bits per heavy atom. The zero-order valence-corrected chi connectivity index (χ0v) is 13.6. The Bertz CT molecular complexity index is 651. The molecule has 0 unspecified atom stereocenters. The molecule has 5 heteroatoms. The molecular weight excluding hydrogens is 300 g/mol. The Kier molecular flexibility index (Phi) is 5.03. The van der Waals surface area contributed by atoms with E-state index in [1.165, 1.54) is 6.20 Å². The van der Waals surface area contributed by atoms with E-state index in [1.54, 1.807) is 6.07 Å². The van der Waals surface area contributed by atoms with Gasteiger partial charge < -0.3 is 10.1 Å². The van der Waals surface area contributed by atoms with Crippen LogP contribution in [-0.4, -0.2) is 16.6 Å². The Morgan fingerprint density at radius 2 is 1.95 bits per heavy atom. The summed E-state index contributed by atoms with van der Waals surface area (Å²) in [6.07, 6.45) is 1.43. The molecule has 1 heterocycles. The number of ether oxygens (including phenoxy) is 1. The molecule has 0 bridgehead atoms. The van der Waals surface area contributed by atoms with E-state index in [2.05, 4.69) is 10.3 Å². The summed E-state index contributed by atoms with van der Waals surface area (Å²) in [5.41, 5.74) is 1.52. The number of esters is 1. The van der Waals surface area contributed by atoms with Crippen LogP contribution in [0.25, 0.3) is 0 Å². The molecule has 1 N–H and O–H groups in total. The second-order valence-electron chi connectivity index (χ2n) is 5.89. The van der Waals surface area contributed by atoms with Crippen molar-refractivity contribution in [3.63, 3.8) is 0 Å². The molecule has 0 radical (unpaired) electrons. The maximum Gasteiger partial charge on any atom is 0.342 e. The van der Waals surface area contributed by atoms with Gasteiger partial charge in [0.1, 0.15) is 16.3 Å². The van der Waals surface area contributed by atoms with E-state index in [4.69, 9.17) is 16.3 Å². The average Bonchev–Trinajstić information content (AvgIpc) is 2.44. The van der Waals surface area contributed by atoms with Gasteiger partial charge in [0.15, 0.2) is 0 Å². The number of rotatable bonds is 4. The minimum Gasteiger partial charge on any atom is -0.456 e. The van der Waals surface area contributed by atoms with Gasteiger partial charge >= 0.3 is 5.97 Å². The largest absolute Gasteiger partial charge is 0.456 e. The Labute approximate surface area is 135 Å². The van der Waals surface area contributed by atoms with Gasteiger partial charge in [-0.1, -0.05) is 41.9 Å². The van der Waals surface area contributed by atoms with Crippen LogP contribution in [0.3, 0.4) is 0 Å². The molecule has 116 valence electrons. The summed E-state index contributed by atoms with van der Waals surface area (Å²) in [5.74, 6) is -0.424. The van der Waals surface area contributed by atoms with Gasteiger partial charge in [-0.05, 0) is 32.4 Å². The van der Waals surface area contributed by atoms with Crippen molar-refractivity contribution >= 4 is 23.3 Å². The lowest BCUT2D eigenvalue weighted by molar-refractivity contribution is 0.00702. The topological polar surface area (TPSA) is 51.2 Å². The molecule has 0 amide bonds. The van der Waals surface area contributed by atoms with Crippen molar-refractivity contribution in [1.29, 1.82) is 0 Å². The zero-order valence-electron chi connectivity index (χ0n) is 12.9. The van der Waals surface area contributed by atoms with Crippen LogP contribution in [0.5, 0.6) is 0 Å². The molecule has 0 atom stereocenters. The maximum absolute atomic E-state index is 12.3. The number of hydrogen-bond donors (Lipinski definition) is 1. The van der Waals surface area contributed by atoms with Crippen molar-refractivity contribution in [2.45, 2.75) is 32.9 Å². The Morgan fingerprint density at radius 3 is 2.59 bits per heavy atom. The fourth-order valence-electron chi connectivity index (χ4n) is 1.87. The lowest BCUT2D eigenvalue weighted by Crippen LogP contribution is -2.24. The minimum absolute atomic E-state index is 0.322. The smallest absolute Gasteiger partial charge is 0.342 e. The number of hydrogen-bond acceptors (Lipinski definition) is 4. The molecule has 0 aliphatic carbocycles. The van der Waals surface area contributed by atoms with E-state index in [1.807, 2.05) is 51.1 Å². The van der Waals surface area contributed by atoms with Crippen LogP contribution in [0.1, 0.15) is 36.7 Å². The summed E-state index contributed by atoms with van der Waals surface area (Å²) in [7, 11) is 0. The number of aromatic nitrogens is 1. The monoisotopic (exact) mass is 318 g/mol. The molecule has 0 fully saturated rings. The van der Waals surface area contributed by atoms with Crippen molar-refractivity contribution in [3.05, 3.63) is 58.9 Å². The number of anilines is 1. The normalized spacial score (nSPS) is 11.1. The van der Waals surface area contributed by atoms with E-state index in [0.29, 0.717) is 22.9 Å². The molecule has 0 saturated heterocycles. The van der Waals surface area contributed by atoms with Gasteiger partial charge in [-0.25, -0.2) is 9.78 Å². The predicted molar refractivity (Wildman–Crippen MR) is 88.2 cm³/mol. The molecule has 1 aromatic carbocycles. The Balaban J connectivity index is 2.19. The van der Waals surface area contributed by atoms with Gasteiger partial charge in [-0.2, -0.15) is 0 Å². The van der Waals surface area contributed by atoms with E-state index >= 15 is 0 Å². The number of carbonyl (C=O) groups is 1. The highest BCUT2D eigenvalue weighted by molar-refractivity contribution is 6.29. The van der Waals surface area contributed by atoms with Crippen molar-refractivity contribution < 1.29 is 9.53 Å². The van der Waals surface area contributed by atoms with Gasteiger partial charge in [0.25, 0.3) is 0 Å².